The Balaban J connectivity index is 1.58. The largest absolute Gasteiger partial charge is 0.394 e. The number of ether oxygens (including phenoxy) is 2. The van der Waals surface area contributed by atoms with Crippen molar-refractivity contribution in [3.63, 3.8) is 0 Å². The average molecular weight is 399 g/mol. The second kappa shape index (κ2) is 7.13. The first-order valence-corrected chi connectivity index (χ1v) is 8.60. The lowest BCUT2D eigenvalue weighted by atomic mass is 9.97. The van der Waals surface area contributed by atoms with Crippen molar-refractivity contribution >= 4 is 17.0 Å². The fourth-order valence-corrected chi connectivity index (χ4v) is 3.65. The predicted molar refractivity (Wildman–Crippen MR) is 89.4 cm³/mol. The number of hydrogen-bond donors (Lipinski definition) is 7. The van der Waals surface area contributed by atoms with E-state index in [1.54, 1.807) is 0 Å². The molecule has 13 heteroatoms. The molecule has 4 heterocycles. The SMILES string of the molecule is Nc1ncnc2c1ncn2[C@@H]1O[C@H](C(O)[C@@H]2O[C@H](CO)[C@@H](O)[C@H]2O)[C@@H](O)[C@H]1O. The number of aliphatic hydroxyl groups excluding tert-OH is 6. The first-order chi connectivity index (χ1) is 13.3. The second-order valence-corrected chi connectivity index (χ2v) is 6.85. The normalized spacial score (nSPS) is 39.6. The Kier molecular flexibility index (Phi) is 4.93. The molecule has 2 aliphatic heterocycles. The molecule has 0 radical (unpaired) electrons. The summed E-state index contributed by atoms with van der Waals surface area (Å²) >= 11 is 0. The van der Waals surface area contributed by atoms with Gasteiger partial charge in [-0.1, -0.05) is 0 Å². The fraction of sp³-hybridized carbons (Fsp3) is 0.667. The van der Waals surface area contributed by atoms with E-state index in [1.807, 2.05) is 0 Å². The van der Waals surface area contributed by atoms with E-state index in [2.05, 4.69) is 15.0 Å². The minimum absolute atomic E-state index is 0.125. The van der Waals surface area contributed by atoms with Crippen LogP contribution < -0.4 is 5.73 Å². The summed E-state index contributed by atoms with van der Waals surface area (Å²) < 4.78 is 12.3. The van der Waals surface area contributed by atoms with Crippen molar-refractivity contribution in [2.24, 2.45) is 0 Å². The van der Waals surface area contributed by atoms with Gasteiger partial charge in [0.25, 0.3) is 0 Å². The molecule has 2 saturated heterocycles. The summed E-state index contributed by atoms with van der Waals surface area (Å²) in [4.78, 5) is 11.9. The number of aromatic nitrogens is 4. The van der Waals surface area contributed by atoms with Crippen LogP contribution in [0.2, 0.25) is 0 Å². The molecule has 154 valence electrons. The lowest BCUT2D eigenvalue weighted by Crippen LogP contribution is -2.49. The van der Waals surface area contributed by atoms with Crippen LogP contribution in [0.1, 0.15) is 6.23 Å². The number of imidazole rings is 1. The van der Waals surface area contributed by atoms with Crippen molar-refractivity contribution in [3.05, 3.63) is 12.7 Å². The van der Waals surface area contributed by atoms with Crippen LogP contribution in [0.3, 0.4) is 0 Å². The maximum atomic E-state index is 10.6. The van der Waals surface area contributed by atoms with Crippen LogP contribution in [0.25, 0.3) is 11.2 Å². The highest BCUT2D eigenvalue weighted by Gasteiger charge is 2.54. The second-order valence-electron chi connectivity index (χ2n) is 6.85. The molecule has 8 N–H and O–H groups in total. The topological polar surface area (TPSA) is 209 Å². The van der Waals surface area contributed by atoms with Crippen LogP contribution in [0.4, 0.5) is 5.82 Å². The Hall–Kier alpha value is -1.97. The number of nitrogens with zero attached hydrogens (tertiary/aromatic N) is 4. The van der Waals surface area contributed by atoms with Crippen molar-refractivity contribution < 1.29 is 40.1 Å². The van der Waals surface area contributed by atoms with Gasteiger partial charge >= 0.3 is 0 Å². The number of hydrogen-bond acceptors (Lipinski definition) is 12. The standard InChI is InChI=1S/C15H21N5O8/c16-13-5-14(18-2-17-13)20(3-19-5)15-9(25)8(24)12(28-15)10(26)11-7(23)6(22)4(1-21)27-11/h2-4,6-12,15,21-26H,1H2,(H2,16,17,18)/t4-,6-,7-,8+,9-,10?,11-,12+,15-/m1/s1. The fourth-order valence-electron chi connectivity index (χ4n) is 3.65. The van der Waals surface area contributed by atoms with Crippen LogP contribution in [0.15, 0.2) is 12.7 Å². The molecule has 2 fully saturated rings. The van der Waals surface area contributed by atoms with Crippen molar-refractivity contribution in [3.8, 4) is 0 Å². The van der Waals surface area contributed by atoms with Gasteiger partial charge in [0, 0.05) is 0 Å². The van der Waals surface area contributed by atoms with Gasteiger partial charge in [0.15, 0.2) is 17.7 Å². The molecule has 1 unspecified atom stereocenters. The number of nitrogen functional groups attached to an aromatic ring is 1. The zero-order chi connectivity index (χ0) is 20.2. The van der Waals surface area contributed by atoms with Crippen LogP contribution in [-0.2, 0) is 9.47 Å². The summed E-state index contributed by atoms with van der Waals surface area (Å²) in [5, 5.41) is 60.5. The van der Waals surface area contributed by atoms with E-state index in [0.717, 1.165) is 0 Å². The van der Waals surface area contributed by atoms with Gasteiger partial charge in [-0.2, -0.15) is 0 Å². The Morgan fingerprint density at radius 3 is 2.36 bits per heavy atom. The number of nitrogens with two attached hydrogens (primary N) is 1. The van der Waals surface area contributed by atoms with E-state index in [9.17, 15) is 30.6 Å². The van der Waals surface area contributed by atoms with Crippen molar-refractivity contribution in [2.45, 2.75) is 55.1 Å². The third-order valence-electron chi connectivity index (χ3n) is 5.19. The summed E-state index contributed by atoms with van der Waals surface area (Å²) in [5.41, 5.74) is 6.27. The summed E-state index contributed by atoms with van der Waals surface area (Å²) in [5.74, 6) is 0.125. The van der Waals surface area contributed by atoms with E-state index in [0.29, 0.717) is 0 Å². The number of rotatable bonds is 4. The summed E-state index contributed by atoms with van der Waals surface area (Å²) in [7, 11) is 0. The summed E-state index contributed by atoms with van der Waals surface area (Å²) in [6.07, 6.45) is -9.99. The van der Waals surface area contributed by atoms with Gasteiger partial charge in [-0.05, 0) is 0 Å². The Morgan fingerprint density at radius 1 is 1.00 bits per heavy atom. The summed E-state index contributed by atoms with van der Waals surface area (Å²) in [6.45, 7) is -0.567. The number of anilines is 1. The Bertz CT molecular complexity index is 851. The van der Waals surface area contributed by atoms with Crippen molar-refractivity contribution in [1.82, 2.24) is 19.5 Å². The highest BCUT2D eigenvalue weighted by molar-refractivity contribution is 5.81. The number of fused-ring (bicyclic) bond motifs is 1. The molecule has 0 aliphatic carbocycles. The smallest absolute Gasteiger partial charge is 0.167 e. The van der Waals surface area contributed by atoms with E-state index < -0.39 is 61.7 Å². The zero-order valence-electron chi connectivity index (χ0n) is 14.4. The van der Waals surface area contributed by atoms with Gasteiger partial charge in [-0.15, -0.1) is 0 Å². The predicted octanol–water partition coefficient (Wildman–Crippen LogP) is -4.13. The lowest BCUT2D eigenvalue weighted by molar-refractivity contribution is -0.147. The highest BCUT2D eigenvalue weighted by atomic mass is 16.6. The Morgan fingerprint density at radius 2 is 1.68 bits per heavy atom. The zero-order valence-corrected chi connectivity index (χ0v) is 14.4. The van der Waals surface area contributed by atoms with Crippen LogP contribution in [0.5, 0.6) is 0 Å². The van der Waals surface area contributed by atoms with Crippen LogP contribution in [-0.4, -0.2) is 106 Å². The lowest BCUT2D eigenvalue weighted by Gasteiger charge is -2.27. The summed E-state index contributed by atoms with van der Waals surface area (Å²) in [6, 6.07) is 0. The first kappa shape index (κ1) is 19.4. The van der Waals surface area contributed by atoms with Crippen LogP contribution >= 0.6 is 0 Å². The molecule has 9 atom stereocenters. The van der Waals surface area contributed by atoms with E-state index in [1.165, 1.54) is 17.2 Å². The number of aliphatic hydroxyl groups is 6. The molecule has 0 amide bonds. The molecular weight excluding hydrogens is 378 g/mol. The van der Waals surface area contributed by atoms with Gasteiger partial charge in [-0.25, -0.2) is 15.0 Å². The maximum Gasteiger partial charge on any atom is 0.167 e. The molecule has 28 heavy (non-hydrogen) atoms. The van der Waals surface area contributed by atoms with E-state index >= 15 is 0 Å². The quantitative estimate of drug-likeness (QED) is 0.261. The van der Waals surface area contributed by atoms with Gasteiger partial charge in [0.05, 0.1) is 12.9 Å². The van der Waals surface area contributed by atoms with Crippen molar-refractivity contribution in [1.29, 1.82) is 0 Å². The van der Waals surface area contributed by atoms with Gasteiger partial charge < -0.3 is 45.8 Å². The molecule has 4 rings (SSSR count). The molecule has 13 nitrogen and oxygen atoms in total. The molecule has 2 aromatic rings. The third kappa shape index (κ3) is 2.84. The molecule has 2 aliphatic rings. The van der Waals surface area contributed by atoms with Gasteiger partial charge in [0.1, 0.15) is 60.7 Å². The molecule has 0 bridgehead atoms. The Labute approximate surface area is 157 Å². The molecule has 2 aromatic heterocycles. The molecule has 0 saturated carbocycles. The molecular formula is C15H21N5O8. The molecule has 0 aromatic carbocycles. The minimum Gasteiger partial charge on any atom is -0.394 e. The van der Waals surface area contributed by atoms with Gasteiger partial charge in [-0.3, -0.25) is 4.57 Å². The highest BCUT2D eigenvalue weighted by Crippen LogP contribution is 2.36. The van der Waals surface area contributed by atoms with Gasteiger partial charge in [0.2, 0.25) is 0 Å². The van der Waals surface area contributed by atoms with E-state index in [-0.39, 0.29) is 17.0 Å². The maximum absolute atomic E-state index is 10.6. The first-order valence-electron chi connectivity index (χ1n) is 8.60. The average Bonchev–Trinajstić information content (AvgIpc) is 3.32. The monoisotopic (exact) mass is 399 g/mol. The minimum atomic E-state index is -1.61. The van der Waals surface area contributed by atoms with Crippen LogP contribution in [0, 0.1) is 0 Å². The van der Waals surface area contributed by atoms with E-state index in [4.69, 9.17) is 15.2 Å². The third-order valence-corrected chi connectivity index (χ3v) is 5.19. The van der Waals surface area contributed by atoms with Crippen molar-refractivity contribution in [2.75, 3.05) is 12.3 Å². The molecule has 0 spiro atoms.